The summed E-state index contributed by atoms with van der Waals surface area (Å²) < 4.78 is 18.3. The van der Waals surface area contributed by atoms with Gasteiger partial charge in [-0.25, -0.2) is 28.8 Å². The smallest absolute Gasteiger partial charge is 0.338 e. The van der Waals surface area contributed by atoms with Crippen LogP contribution in [0.1, 0.15) is 25.7 Å². The average Bonchev–Trinajstić information content (AvgIpc) is 2.88. The van der Waals surface area contributed by atoms with Gasteiger partial charge in [0, 0.05) is 0 Å². The predicted octanol–water partition coefficient (Wildman–Crippen LogP) is -4.95. The molecule has 0 unspecified atom stereocenters. The fourth-order valence-corrected chi connectivity index (χ4v) is 2.23. The summed E-state index contributed by atoms with van der Waals surface area (Å²) in [5, 5.41) is 72.8. The van der Waals surface area contributed by atoms with Crippen molar-refractivity contribution in [2.75, 3.05) is 26.4 Å². The van der Waals surface area contributed by atoms with E-state index in [0.717, 1.165) is 0 Å². The monoisotopic (exact) mass is 558 g/mol. The highest BCUT2D eigenvalue weighted by atomic mass is 16.6. The number of aliphatic hydroxyl groups excluding tert-OH is 6. The lowest BCUT2D eigenvalue weighted by atomic mass is 10.2. The van der Waals surface area contributed by atoms with E-state index in [4.69, 9.17) is 20.4 Å². The Bertz CT molecular complexity index is 746. The zero-order chi connectivity index (χ0) is 29.4. The summed E-state index contributed by atoms with van der Waals surface area (Å²) in [5.41, 5.74) is 0. The Hall–Kier alpha value is -3.42. The molecule has 0 aromatic rings. The van der Waals surface area contributed by atoms with Crippen molar-refractivity contribution in [1.82, 2.24) is 0 Å². The minimum absolute atomic E-state index is 0.0563. The van der Waals surface area contributed by atoms with Gasteiger partial charge in [-0.05, 0) is 25.7 Å². The number of carbonyl (C=O) groups is 6. The first-order valence-electron chi connectivity index (χ1n) is 10.9. The maximum atomic E-state index is 11.7. The molecule has 0 aromatic carbocycles. The van der Waals surface area contributed by atoms with Crippen LogP contribution in [0.5, 0.6) is 0 Å². The molecule has 0 saturated carbocycles. The molecular weight excluding hydrogens is 528 g/mol. The van der Waals surface area contributed by atoms with Gasteiger partial charge in [0.15, 0.2) is 36.6 Å². The standard InChI is InChI=1S/C20H30O18/c21-9(15(27)28)11(23)17(31)35-5-1-3-7-37-19(33)13(25)14(26)20(34)38-8-4-2-6-36-18(32)12(24)10(22)16(29)30/h9-14,21-26H,1-8H2,(H,27,28)(H,29,30)/t9-,10-,11-,12-,13-,14-/m1/s1. The van der Waals surface area contributed by atoms with Crippen LogP contribution < -0.4 is 0 Å². The molecule has 0 heterocycles. The lowest BCUT2D eigenvalue weighted by Crippen LogP contribution is -2.42. The molecule has 218 valence electrons. The van der Waals surface area contributed by atoms with Gasteiger partial charge in [-0.15, -0.1) is 0 Å². The molecule has 0 aliphatic heterocycles. The van der Waals surface area contributed by atoms with Crippen LogP contribution >= 0.6 is 0 Å². The molecule has 8 N–H and O–H groups in total. The molecule has 0 saturated heterocycles. The van der Waals surface area contributed by atoms with Crippen molar-refractivity contribution in [2.24, 2.45) is 0 Å². The molecule has 0 radical (unpaired) electrons. The summed E-state index contributed by atoms with van der Waals surface area (Å²) in [6, 6.07) is 0. The Balaban J connectivity index is 4.08. The summed E-state index contributed by atoms with van der Waals surface area (Å²) in [4.78, 5) is 67.0. The van der Waals surface area contributed by atoms with Crippen molar-refractivity contribution in [3.63, 3.8) is 0 Å². The first-order chi connectivity index (χ1) is 17.7. The molecule has 0 spiro atoms. The number of aliphatic carboxylic acids is 2. The van der Waals surface area contributed by atoms with E-state index in [1.165, 1.54) is 0 Å². The highest BCUT2D eigenvalue weighted by Gasteiger charge is 2.34. The van der Waals surface area contributed by atoms with E-state index in [1.807, 2.05) is 0 Å². The number of hydrogen-bond acceptors (Lipinski definition) is 16. The van der Waals surface area contributed by atoms with Crippen LogP contribution in [0.25, 0.3) is 0 Å². The predicted molar refractivity (Wildman–Crippen MR) is 114 cm³/mol. The van der Waals surface area contributed by atoms with Crippen LogP contribution in [-0.4, -0.2) is 140 Å². The number of carboxylic acid groups (broad SMARTS) is 2. The van der Waals surface area contributed by atoms with E-state index < -0.39 is 72.4 Å². The third-order valence-electron chi connectivity index (χ3n) is 4.42. The van der Waals surface area contributed by atoms with Crippen molar-refractivity contribution in [3.8, 4) is 0 Å². The summed E-state index contributed by atoms with van der Waals surface area (Å²) in [5.74, 6) is -9.18. The fourth-order valence-electron chi connectivity index (χ4n) is 2.23. The maximum absolute atomic E-state index is 11.7. The van der Waals surface area contributed by atoms with Crippen molar-refractivity contribution in [1.29, 1.82) is 0 Å². The van der Waals surface area contributed by atoms with Crippen molar-refractivity contribution in [2.45, 2.75) is 62.3 Å². The summed E-state index contributed by atoms with van der Waals surface area (Å²) in [7, 11) is 0. The second-order valence-corrected chi connectivity index (χ2v) is 7.43. The first kappa shape index (κ1) is 34.6. The number of rotatable bonds is 19. The van der Waals surface area contributed by atoms with E-state index in [-0.39, 0.29) is 52.1 Å². The van der Waals surface area contributed by atoms with Gasteiger partial charge < -0.3 is 59.8 Å². The highest BCUT2D eigenvalue weighted by molar-refractivity contribution is 5.85. The normalized spacial score (nSPS) is 15.6. The van der Waals surface area contributed by atoms with Crippen molar-refractivity contribution < 1.29 is 88.6 Å². The van der Waals surface area contributed by atoms with Gasteiger partial charge in [-0.2, -0.15) is 0 Å². The number of aliphatic hydroxyl groups is 6. The molecule has 6 atom stereocenters. The molecule has 0 amide bonds. The largest absolute Gasteiger partial charge is 0.479 e. The topological polar surface area (TPSA) is 301 Å². The number of hydrogen-bond donors (Lipinski definition) is 8. The molecule has 18 nitrogen and oxygen atoms in total. The van der Waals surface area contributed by atoms with E-state index in [1.54, 1.807) is 0 Å². The minimum atomic E-state index is -2.37. The molecule has 0 fully saturated rings. The van der Waals surface area contributed by atoms with Gasteiger partial charge in [-0.1, -0.05) is 0 Å². The summed E-state index contributed by atoms with van der Waals surface area (Å²) >= 11 is 0. The van der Waals surface area contributed by atoms with Gasteiger partial charge in [0.05, 0.1) is 26.4 Å². The molecule has 38 heavy (non-hydrogen) atoms. The maximum Gasteiger partial charge on any atom is 0.338 e. The van der Waals surface area contributed by atoms with E-state index in [0.29, 0.717) is 0 Å². The number of ether oxygens (including phenoxy) is 4. The van der Waals surface area contributed by atoms with Gasteiger partial charge in [-0.3, -0.25) is 0 Å². The van der Waals surface area contributed by atoms with Crippen LogP contribution in [0.2, 0.25) is 0 Å². The second-order valence-electron chi connectivity index (χ2n) is 7.43. The number of carboxylic acids is 2. The Morgan fingerprint density at radius 2 is 0.579 bits per heavy atom. The van der Waals surface area contributed by atoms with Gasteiger partial charge in [0.25, 0.3) is 0 Å². The molecule has 0 aliphatic carbocycles. The fraction of sp³-hybridized carbons (Fsp3) is 0.700. The van der Waals surface area contributed by atoms with Crippen molar-refractivity contribution in [3.05, 3.63) is 0 Å². The highest BCUT2D eigenvalue weighted by Crippen LogP contribution is 2.04. The van der Waals surface area contributed by atoms with E-state index in [9.17, 15) is 49.2 Å². The Morgan fingerprint density at radius 1 is 0.395 bits per heavy atom. The van der Waals surface area contributed by atoms with Crippen LogP contribution in [0.15, 0.2) is 0 Å². The molecule has 0 aliphatic rings. The summed E-state index contributed by atoms with van der Waals surface area (Å²) in [6.45, 7) is -1.35. The summed E-state index contributed by atoms with van der Waals surface area (Å²) in [6.07, 6.45) is -13.7. The van der Waals surface area contributed by atoms with Gasteiger partial charge in [0.1, 0.15) is 0 Å². The molecule has 0 bridgehead atoms. The lowest BCUT2D eigenvalue weighted by molar-refractivity contribution is -0.173. The van der Waals surface area contributed by atoms with Gasteiger partial charge >= 0.3 is 35.8 Å². The third-order valence-corrected chi connectivity index (χ3v) is 4.42. The molecular formula is C20H30O18. The number of unbranched alkanes of at least 4 members (excludes halogenated alkanes) is 2. The SMILES string of the molecule is O=C(O)[C@H](O)[C@@H](O)C(=O)OCCCCOC(=O)[C@H](O)[C@@H](O)C(=O)OCCCCOC(=O)[C@H](O)[C@@H](O)C(=O)O. The second kappa shape index (κ2) is 17.9. The lowest BCUT2D eigenvalue weighted by Gasteiger charge is -2.16. The quantitative estimate of drug-likeness (QED) is 0.0418. The minimum Gasteiger partial charge on any atom is -0.479 e. The third kappa shape index (κ3) is 12.7. The van der Waals surface area contributed by atoms with Crippen LogP contribution in [0.3, 0.4) is 0 Å². The number of esters is 4. The van der Waals surface area contributed by atoms with Crippen LogP contribution in [0.4, 0.5) is 0 Å². The average molecular weight is 558 g/mol. The number of carbonyl (C=O) groups excluding carboxylic acids is 4. The molecule has 0 aromatic heterocycles. The zero-order valence-electron chi connectivity index (χ0n) is 19.8. The Morgan fingerprint density at radius 3 is 0.763 bits per heavy atom. The van der Waals surface area contributed by atoms with Crippen LogP contribution in [0, 0.1) is 0 Å². The Kier molecular flexibility index (Phi) is 16.3. The van der Waals surface area contributed by atoms with E-state index >= 15 is 0 Å². The first-order valence-corrected chi connectivity index (χ1v) is 10.9. The molecule has 0 rings (SSSR count). The van der Waals surface area contributed by atoms with Crippen molar-refractivity contribution >= 4 is 35.8 Å². The molecule has 18 heteroatoms. The Labute approximate surface area is 213 Å². The van der Waals surface area contributed by atoms with E-state index in [2.05, 4.69) is 18.9 Å². The van der Waals surface area contributed by atoms with Gasteiger partial charge in [0.2, 0.25) is 0 Å². The van der Waals surface area contributed by atoms with Crippen LogP contribution in [-0.2, 0) is 47.7 Å². The zero-order valence-corrected chi connectivity index (χ0v) is 19.8.